The van der Waals surface area contributed by atoms with Crippen molar-refractivity contribution in [1.29, 1.82) is 0 Å². The van der Waals surface area contributed by atoms with E-state index in [0.29, 0.717) is 9.79 Å². The molecule has 0 atom stereocenters. The van der Waals surface area contributed by atoms with Crippen LogP contribution in [0.3, 0.4) is 0 Å². The molecule has 14 rings (SSSR count). The molecule has 6 heteroatoms. The van der Waals surface area contributed by atoms with Crippen molar-refractivity contribution in [2.45, 2.75) is 15.2 Å². The van der Waals surface area contributed by atoms with Crippen molar-refractivity contribution in [2.24, 2.45) is 0 Å². The van der Waals surface area contributed by atoms with Gasteiger partial charge in [-0.3, -0.25) is 0 Å². The van der Waals surface area contributed by atoms with Gasteiger partial charge in [0.1, 0.15) is 0 Å². The predicted octanol–water partition coefficient (Wildman–Crippen LogP) is 12.8. The molecule has 0 saturated heterocycles. The maximum Gasteiger partial charge on any atom is 0.207 e. The van der Waals surface area contributed by atoms with Gasteiger partial charge in [0, 0.05) is 43.7 Å². The molecule has 9 aromatic carbocycles. The third kappa shape index (κ3) is 3.99. The third-order valence-electron chi connectivity index (χ3n) is 13.6. The topological polar surface area (TPSA) is 48.9 Å². The van der Waals surface area contributed by atoms with Gasteiger partial charge in [0.15, 0.2) is 0 Å². The van der Waals surface area contributed by atoms with Crippen molar-refractivity contribution < 1.29 is 8.42 Å². The van der Waals surface area contributed by atoms with Crippen LogP contribution >= 0.6 is 0 Å². The van der Waals surface area contributed by atoms with Crippen LogP contribution in [0.1, 0.15) is 22.3 Å². The highest BCUT2D eigenvalue weighted by molar-refractivity contribution is 7.91. The number of aromatic nitrogens is 3. The smallest absolute Gasteiger partial charge is 0.207 e. The molecular formula is C55H33N3O2S. The second-order valence-electron chi connectivity index (χ2n) is 16.4. The van der Waals surface area contributed by atoms with Crippen molar-refractivity contribution >= 4 is 75.3 Å². The van der Waals surface area contributed by atoms with Gasteiger partial charge in [-0.25, -0.2) is 8.42 Å². The van der Waals surface area contributed by atoms with E-state index in [9.17, 15) is 8.42 Å². The Morgan fingerprint density at radius 1 is 0.328 bits per heavy atom. The lowest BCUT2D eigenvalue weighted by atomic mass is 9.62. The fourth-order valence-electron chi connectivity index (χ4n) is 11.3. The average molecular weight is 800 g/mol. The number of nitrogens with zero attached hydrogens (tertiary/aromatic N) is 3. The highest BCUT2D eigenvalue weighted by Crippen LogP contribution is 2.59. The van der Waals surface area contributed by atoms with Crippen molar-refractivity contribution in [3.63, 3.8) is 0 Å². The van der Waals surface area contributed by atoms with Crippen LogP contribution in [-0.4, -0.2) is 22.1 Å². The standard InChI is InChI=1S/C55H33N3O2S/c59-61(60)52-27-13-6-20-43(52)55(44-21-7-14-28-53(44)61)42-19-5-12-26-51(42)58-50-30-29-34(56-46-22-8-1-15-36(46)37-16-2-9-23-47(37)56)31-40(50)41-32-35(33-45(55)54(41)58)57-48-24-10-3-17-38(48)39-18-4-11-25-49(39)57/h1-33H. The Kier molecular flexibility index (Phi) is 6.28. The molecule has 5 heterocycles. The summed E-state index contributed by atoms with van der Waals surface area (Å²) >= 11 is 0. The molecular weight excluding hydrogens is 767 g/mol. The number of fused-ring (bicyclic) bond motifs is 17. The van der Waals surface area contributed by atoms with E-state index in [-0.39, 0.29) is 0 Å². The lowest BCUT2D eigenvalue weighted by molar-refractivity contribution is 0.577. The van der Waals surface area contributed by atoms with E-state index in [0.717, 1.165) is 83.2 Å². The van der Waals surface area contributed by atoms with E-state index >= 15 is 0 Å². The number of sulfone groups is 1. The highest BCUT2D eigenvalue weighted by Gasteiger charge is 2.52. The molecule has 286 valence electrons. The fourth-order valence-corrected chi connectivity index (χ4v) is 13.1. The van der Waals surface area contributed by atoms with Crippen molar-refractivity contribution in [3.05, 3.63) is 222 Å². The Bertz CT molecular complexity index is 3870. The average Bonchev–Trinajstić information content (AvgIpc) is 3.95. The first-order valence-corrected chi connectivity index (χ1v) is 22.2. The summed E-state index contributed by atoms with van der Waals surface area (Å²) in [5.74, 6) is 0. The van der Waals surface area contributed by atoms with Crippen molar-refractivity contribution in [1.82, 2.24) is 13.7 Å². The molecule has 1 spiro atoms. The Hall–Kier alpha value is -7.67. The number of para-hydroxylation sites is 5. The normalized spacial score (nSPS) is 14.6. The number of hydrogen-bond donors (Lipinski definition) is 0. The molecule has 61 heavy (non-hydrogen) atoms. The zero-order valence-electron chi connectivity index (χ0n) is 32.6. The highest BCUT2D eigenvalue weighted by atomic mass is 32.2. The van der Waals surface area contributed by atoms with Gasteiger partial charge >= 0.3 is 0 Å². The van der Waals surface area contributed by atoms with Gasteiger partial charge < -0.3 is 13.7 Å². The van der Waals surface area contributed by atoms with Gasteiger partial charge in [-0.05, 0) is 95.1 Å². The van der Waals surface area contributed by atoms with Crippen LogP contribution in [0.4, 0.5) is 0 Å². The lowest BCUT2D eigenvalue weighted by Crippen LogP contribution is -2.40. The number of rotatable bonds is 2. The van der Waals surface area contributed by atoms with E-state index in [4.69, 9.17) is 0 Å². The zero-order chi connectivity index (χ0) is 40.2. The Morgan fingerprint density at radius 2 is 0.754 bits per heavy atom. The summed E-state index contributed by atoms with van der Waals surface area (Å²) in [5, 5.41) is 7.02. The van der Waals surface area contributed by atoms with E-state index in [1.807, 2.05) is 36.4 Å². The van der Waals surface area contributed by atoms with Gasteiger partial charge in [0.25, 0.3) is 0 Å². The van der Waals surface area contributed by atoms with E-state index < -0.39 is 15.3 Å². The summed E-state index contributed by atoms with van der Waals surface area (Å²) in [6.07, 6.45) is 0. The van der Waals surface area contributed by atoms with Crippen LogP contribution in [0, 0.1) is 0 Å². The summed E-state index contributed by atoms with van der Waals surface area (Å²) in [5.41, 5.74) is 12.5. The fraction of sp³-hybridized carbons (Fsp3) is 0.0182. The van der Waals surface area contributed by atoms with Gasteiger partial charge in [-0.1, -0.05) is 127 Å². The minimum absolute atomic E-state index is 0.345. The van der Waals surface area contributed by atoms with E-state index in [1.165, 1.54) is 21.5 Å². The molecule has 0 unspecified atom stereocenters. The van der Waals surface area contributed by atoms with Gasteiger partial charge in [0.05, 0.1) is 54.0 Å². The quantitative estimate of drug-likeness (QED) is 0.175. The molecule has 0 fully saturated rings. The second kappa shape index (κ2) is 11.5. The first kappa shape index (κ1) is 33.2. The molecule has 12 aromatic rings. The van der Waals surface area contributed by atoms with Crippen LogP contribution in [0.25, 0.3) is 82.5 Å². The monoisotopic (exact) mass is 799 g/mol. The molecule has 0 bridgehead atoms. The second-order valence-corrected chi connectivity index (χ2v) is 18.3. The molecule has 3 aromatic heterocycles. The Balaban J connectivity index is 1.21. The zero-order valence-corrected chi connectivity index (χ0v) is 33.4. The van der Waals surface area contributed by atoms with Crippen LogP contribution in [-0.2, 0) is 15.3 Å². The molecule has 0 radical (unpaired) electrons. The first-order chi connectivity index (χ1) is 30.0. The molecule has 0 saturated carbocycles. The number of benzene rings is 9. The molecule has 5 nitrogen and oxygen atoms in total. The largest absolute Gasteiger partial charge is 0.309 e. The SMILES string of the molecule is O=S1(=O)c2ccccc2C2(c3ccccc3-n3c4ccc(-n5c6ccccc6c6ccccc65)cc4c4cc(-n5c6ccccc6c6ccccc65)cc2c43)c2ccccc21. The van der Waals surface area contributed by atoms with Gasteiger partial charge in [0.2, 0.25) is 9.84 Å². The van der Waals surface area contributed by atoms with Crippen molar-refractivity contribution in [3.8, 4) is 17.1 Å². The van der Waals surface area contributed by atoms with Crippen LogP contribution in [0.2, 0.25) is 0 Å². The Morgan fingerprint density at radius 3 is 1.31 bits per heavy atom. The first-order valence-electron chi connectivity index (χ1n) is 20.7. The van der Waals surface area contributed by atoms with Crippen LogP contribution < -0.4 is 0 Å². The summed E-state index contributed by atoms with van der Waals surface area (Å²) in [7, 11) is -3.84. The van der Waals surface area contributed by atoms with Gasteiger partial charge in [-0.15, -0.1) is 0 Å². The summed E-state index contributed by atoms with van der Waals surface area (Å²) in [6, 6.07) is 70.1. The van der Waals surface area contributed by atoms with Gasteiger partial charge in [-0.2, -0.15) is 0 Å². The maximum absolute atomic E-state index is 14.7. The van der Waals surface area contributed by atoms with E-state index in [2.05, 4.69) is 165 Å². The van der Waals surface area contributed by atoms with Crippen molar-refractivity contribution in [2.75, 3.05) is 0 Å². The minimum atomic E-state index is -3.84. The predicted molar refractivity (Wildman–Crippen MR) is 247 cm³/mol. The molecule has 0 N–H and O–H groups in total. The Labute approximate surface area is 350 Å². The summed E-state index contributed by atoms with van der Waals surface area (Å²) in [4.78, 5) is 0.689. The maximum atomic E-state index is 14.7. The summed E-state index contributed by atoms with van der Waals surface area (Å²) in [6.45, 7) is 0. The van der Waals surface area contributed by atoms with Crippen LogP contribution in [0.5, 0.6) is 0 Å². The third-order valence-corrected chi connectivity index (χ3v) is 15.5. The number of hydrogen-bond acceptors (Lipinski definition) is 2. The lowest BCUT2D eigenvalue weighted by Gasteiger charge is -2.45. The summed E-state index contributed by atoms with van der Waals surface area (Å²) < 4.78 is 36.7. The van der Waals surface area contributed by atoms with Crippen LogP contribution in [0.15, 0.2) is 210 Å². The van der Waals surface area contributed by atoms with E-state index in [1.54, 1.807) is 12.1 Å². The molecule has 0 aliphatic carbocycles. The molecule has 2 aliphatic rings. The minimum Gasteiger partial charge on any atom is -0.309 e. The molecule has 0 amide bonds. The molecule has 2 aliphatic heterocycles.